The molecule has 0 saturated carbocycles. The molecular formula is C7H13F3N2O2. The van der Waals surface area contributed by atoms with Crippen molar-refractivity contribution in [2.45, 2.75) is 19.1 Å². The zero-order valence-corrected chi connectivity index (χ0v) is 7.69. The normalized spacial score (nSPS) is 13.8. The minimum Gasteiger partial charge on any atom is -0.395 e. The molecule has 0 aliphatic heterocycles. The van der Waals surface area contributed by atoms with E-state index in [-0.39, 0.29) is 13.2 Å². The number of carbonyl (C=O) groups excluding carboxylic acids is 1. The molecule has 1 amide bonds. The van der Waals surface area contributed by atoms with Gasteiger partial charge in [0.05, 0.1) is 12.6 Å². The van der Waals surface area contributed by atoms with Crippen LogP contribution in [-0.4, -0.2) is 42.9 Å². The standard InChI is InChI=1S/C7H13F3N2O2/c1-5(11-2-3-13)6(14)12-4-7(8,9)10/h5,11,13H,2-4H2,1H3,(H,12,14). The number of rotatable bonds is 5. The number of alkyl halides is 3. The van der Waals surface area contributed by atoms with Crippen LogP contribution in [-0.2, 0) is 4.79 Å². The van der Waals surface area contributed by atoms with Crippen LogP contribution in [0, 0.1) is 0 Å². The van der Waals surface area contributed by atoms with Crippen molar-refractivity contribution in [2.24, 2.45) is 0 Å². The monoisotopic (exact) mass is 214 g/mol. The van der Waals surface area contributed by atoms with Crippen LogP contribution in [0.4, 0.5) is 13.2 Å². The second kappa shape index (κ2) is 5.82. The lowest BCUT2D eigenvalue weighted by Gasteiger charge is -2.14. The van der Waals surface area contributed by atoms with Crippen LogP contribution in [0.25, 0.3) is 0 Å². The Morgan fingerprint density at radius 1 is 1.50 bits per heavy atom. The van der Waals surface area contributed by atoms with Crippen LogP contribution in [0.2, 0.25) is 0 Å². The van der Waals surface area contributed by atoms with Gasteiger partial charge < -0.3 is 15.7 Å². The number of halogens is 3. The zero-order chi connectivity index (χ0) is 11.2. The summed E-state index contributed by atoms with van der Waals surface area (Å²) in [5.74, 6) is -0.740. The van der Waals surface area contributed by atoms with Gasteiger partial charge in [0.15, 0.2) is 0 Å². The van der Waals surface area contributed by atoms with Crippen molar-refractivity contribution < 1.29 is 23.1 Å². The van der Waals surface area contributed by atoms with Crippen LogP contribution >= 0.6 is 0 Å². The van der Waals surface area contributed by atoms with Crippen LogP contribution in [0.15, 0.2) is 0 Å². The van der Waals surface area contributed by atoms with Gasteiger partial charge in [-0.15, -0.1) is 0 Å². The van der Waals surface area contributed by atoms with E-state index in [0.717, 1.165) is 0 Å². The van der Waals surface area contributed by atoms with Crippen LogP contribution in [0.5, 0.6) is 0 Å². The number of amides is 1. The van der Waals surface area contributed by atoms with Crippen molar-refractivity contribution in [2.75, 3.05) is 19.7 Å². The zero-order valence-electron chi connectivity index (χ0n) is 7.69. The van der Waals surface area contributed by atoms with E-state index in [0.29, 0.717) is 0 Å². The van der Waals surface area contributed by atoms with E-state index in [2.05, 4.69) is 5.32 Å². The molecule has 0 aliphatic carbocycles. The van der Waals surface area contributed by atoms with E-state index in [1.807, 2.05) is 0 Å². The number of hydrogen-bond donors (Lipinski definition) is 3. The Labute approximate surface area is 79.5 Å². The third-order valence-electron chi connectivity index (χ3n) is 1.42. The number of carbonyl (C=O) groups is 1. The maximum Gasteiger partial charge on any atom is 0.405 e. The first-order valence-corrected chi connectivity index (χ1v) is 4.05. The fourth-order valence-corrected chi connectivity index (χ4v) is 0.714. The molecule has 0 saturated heterocycles. The smallest absolute Gasteiger partial charge is 0.395 e. The Balaban J connectivity index is 3.73. The molecule has 0 aliphatic rings. The summed E-state index contributed by atoms with van der Waals surface area (Å²) in [5, 5.41) is 12.6. The maximum absolute atomic E-state index is 11.7. The molecule has 0 spiro atoms. The second-order valence-corrected chi connectivity index (χ2v) is 2.73. The summed E-state index contributed by atoms with van der Waals surface area (Å²) in [5.41, 5.74) is 0. The minimum absolute atomic E-state index is 0.167. The topological polar surface area (TPSA) is 61.4 Å². The van der Waals surface area contributed by atoms with Crippen molar-refractivity contribution in [3.8, 4) is 0 Å². The molecule has 3 N–H and O–H groups in total. The summed E-state index contributed by atoms with van der Waals surface area (Å²) in [6.45, 7) is 0.0792. The summed E-state index contributed by atoms with van der Waals surface area (Å²) in [6.07, 6.45) is -4.40. The summed E-state index contributed by atoms with van der Waals surface area (Å²) >= 11 is 0. The maximum atomic E-state index is 11.7. The van der Waals surface area contributed by atoms with Gasteiger partial charge >= 0.3 is 6.18 Å². The van der Waals surface area contributed by atoms with Gasteiger partial charge in [-0.2, -0.15) is 13.2 Å². The molecule has 0 aromatic rings. The number of aliphatic hydroxyl groups excluding tert-OH is 1. The third kappa shape index (κ3) is 6.67. The number of aliphatic hydroxyl groups is 1. The minimum atomic E-state index is -4.40. The molecule has 4 nitrogen and oxygen atoms in total. The highest BCUT2D eigenvalue weighted by Crippen LogP contribution is 2.12. The molecule has 0 aromatic heterocycles. The first-order chi connectivity index (χ1) is 6.37. The fourth-order valence-electron chi connectivity index (χ4n) is 0.714. The molecule has 0 fully saturated rings. The predicted octanol–water partition coefficient (Wildman–Crippen LogP) is -0.365. The van der Waals surface area contributed by atoms with E-state index < -0.39 is 24.7 Å². The first-order valence-electron chi connectivity index (χ1n) is 4.05. The molecule has 84 valence electrons. The molecule has 0 rings (SSSR count). The van der Waals surface area contributed by atoms with Gasteiger partial charge in [0.25, 0.3) is 0 Å². The SMILES string of the molecule is CC(NCCO)C(=O)NCC(F)(F)F. The summed E-state index contributed by atoms with van der Waals surface area (Å²) in [7, 11) is 0. The van der Waals surface area contributed by atoms with Crippen molar-refractivity contribution in [3.05, 3.63) is 0 Å². The Kier molecular flexibility index (Phi) is 5.47. The summed E-state index contributed by atoms with van der Waals surface area (Å²) < 4.78 is 35.0. The lowest BCUT2D eigenvalue weighted by atomic mass is 10.3. The van der Waals surface area contributed by atoms with Crippen molar-refractivity contribution in [3.63, 3.8) is 0 Å². The number of hydrogen-bond acceptors (Lipinski definition) is 3. The quantitative estimate of drug-likeness (QED) is 0.585. The Hall–Kier alpha value is -0.820. The molecule has 14 heavy (non-hydrogen) atoms. The van der Waals surface area contributed by atoms with Gasteiger partial charge in [-0.3, -0.25) is 4.79 Å². The fraction of sp³-hybridized carbons (Fsp3) is 0.857. The Morgan fingerprint density at radius 2 is 2.07 bits per heavy atom. The number of nitrogens with one attached hydrogen (secondary N) is 2. The van der Waals surface area contributed by atoms with Crippen molar-refractivity contribution in [1.29, 1.82) is 0 Å². The van der Waals surface area contributed by atoms with Crippen LogP contribution in [0.1, 0.15) is 6.92 Å². The van der Waals surface area contributed by atoms with Gasteiger partial charge in [-0.05, 0) is 6.92 Å². The first kappa shape index (κ1) is 13.2. The average molecular weight is 214 g/mol. The summed E-state index contributed by atoms with van der Waals surface area (Å²) in [6, 6.07) is -0.746. The van der Waals surface area contributed by atoms with Crippen molar-refractivity contribution in [1.82, 2.24) is 10.6 Å². The highest BCUT2D eigenvalue weighted by atomic mass is 19.4. The molecule has 0 heterocycles. The second-order valence-electron chi connectivity index (χ2n) is 2.73. The van der Waals surface area contributed by atoms with Crippen LogP contribution in [0.3, 0.4) is 0 Å². The highest BCUT2D eigenvalue weighted by Gasteiger charge is 2.28. The molecule has 7 heteroatoms. The Bertz CT molecular complexity index is 184. The highest BCUT2D eigenvalue weighted by molar-refractivity contribution is 5.81. The van der Waals surface area contributed by atoms with E-state index >= 15 is 0 Å². The van der Waals surface area contributed by atoms with E-state index in [1.165, 1.54) is 6.92 Å². The molecular weight excluding hydrogens is 201 g/mol. The predicted molar refractivity (Wildman–Crippen MR) is 43.6 cm³/mol. The average Bonchev–Trinajstić information content (AvgIpc) is 2.09. The van der Waals surface area contributed by atoms with E-state index in [1.54, 1.807) is 5.32 Å². The lowest BCUT2D eigenvalue weighted by Crippen LogP contribution is -2.45. The van der Waals surface area contributed by atoms with Gasteiger partial charge in [0.1, 0.15) is 6.54 Å². The van der Waals surface area contributed by atoms with Crippen molar-refractivity contribution >= 4 is 5.91 Å². The van der Waals surface area contributed by atoms with Gasteiger partial charge in [-0.1, -0.05) is 0 Å². The Morgan fingerprint density at radius 3 is 2.50 bits per heavy atom. The lowest BCUT2D eigenvalue weighted by molar-refractivity contribution is -0.139. The largest absolute Gasteiger partial charge is 0.405 e. The molecule has 1 atom stereocenters. The molecule has 0 aromatic carbocycles. The third-order valence-corrected chi connectivity index (χ3v) is 1.42. The van der Waals surface area contributed by atoms with E-state index in [4.69, 9.17) is 5.11 Å². The van der Waals surface area contributed by atoms with Gasteiger partial charge in [0.2, 0.25) is 5.91 Å². The van der Waals surface area contributed by atoms with Gasteiger partial charge in [-0.25, -0.2) is 0 Å². The van der Waals surface area contributed by atoms with E-state index in [9.17, 15) is 18.0 Å². The molecule has 0 bridgehead atoms. The molecule has 1 unspecified atom stereocenters. The molecule has 0 radical (unpaired) electrons. The summed E-state index contributed by atoms with van der Waals surface area (Å²) in [4.78, 5) is 10.9. The van der Waals surface area contributed by atoms with Crippen LogP contribution < -0.4 is 10.6 Å². The van der Waals surface area contributed by atoms with Gasteiger partial charge in [0, 0.05) is 6.54 Å².